The lowest BCUT2D eigenvalue weighted by Gasteiger charge is -2.33. The van der Waals surface area contributed by atoms with Crippen LogP contribution in [0.5, 0.6) is 0 Å². The van der Waals surface area contributed by atoms with Crippen LogP contribution < -0.4 is 5.32 Å². The van der Waals surface area contributed by atoms with Crippen molar-refractivity contribution in [2.75, 3.05) is 19.6 Å². The molecule has 1 heterocycles. The zero-order valence-corrected chi connectivity index (χ0v) is 11.0. The molecule has 16 heavy (non-hydrogen) atoms. The van der Waals surface area contributed by atoms with E-state index in [-0.39, 0.29) is 0 Å². The summed E-state index contributed by atoms with van der Waals surface area (Å²) >= 11 is 0. The highest BCUT2D eigenvalue weighted by molar-refractivity contribution is 4.90. The van der Waals surface area contributed by atoms with Crippen molar-refractivity contribution in [2.24, 2.45) is 5.92 Å². The summed E-state index contributed by atoms with van der Waals surface area (Å²) in [5.41, 5.74) is 0. The molecule has 1 atom stereocenters. The van der Waals surface area contributed by atoms with Crippen LogP contribution in [0.2, 0.25) is 0 Å². The molecule has 0 aliphatic carbocycles. The van der Waals surface area contributed by atoms with Crippen LogP contribution in [0.3, 0.4) is 0 Å². The maximum absolute atomic E-state index is 5.32. The monoisotopic (exact) mass is 222 g/mol. The van der Waals surface area contributed by atoms with E-state index in [0.29, 0.717) is 12.1 Å². The normalized spacial score (nSPS) is 20.9. The summed E-state index contributed by atoms with van der Waals surface area (Å²) < 4.78 is 0. The molecule has 1 unspecified atom stereocenters. The number of nitrogens with one attached hydrogen (secondary N) is 1. The largest absolute Gasteiger partial charge is 0.311 e. The SMILES string of the molecule is C#CCN1CCC(NC(C)CC(C)C)CC1. The molecule has 1 rings (SSSR count). The molecule has 1 saturated heterocycles. The molecule has 0 aromatic carbocycles. The first-order chi connectivity index (χ1) is 7.61. The molecule has 1 aliphatic rings. The van der Waals surface area contributed by atoms with Crippen LogP contribution in [0.25, 0.3) is 0 Å². The number of hydrogen-bond acceptors (Lipinski definition) is 2. The Morgan fingerprint density at radius 3 is 2.44 bits per heavy atom. The average Bonchev–Trinajstić information content (AvgIpc) is 2.20. The van der Waals surface area contributed by atoms with Gasteiger partial charge < -0.3 is 5.32 Å². The molecule has 0 spiro atoms. The maximum Gasteiger partial charge on any atom is 0.0598 e. The smallest absolute Gasteiger partial charge is 0.0598 e. The topological polar surface area (TPSA) is 15.3 Å². The van der Waals surface area contributed by atoms with Crippen molar-refractivity contribution >= 4 is 0 Å². The van der Waals surface area contributed by atoms with Crippen molar-refractivity contribution < 1.29 is 0 Å². The van der Waals surface area contributed by atoms with Gasteiger partial charge in [0.05, 0.1) is 6.54 Å². The summed E-state index contributed by atoms with van der Waals surface area (Å²) in [5.74, 6) is 3.51. The predicted molar refractivity (Wildman–Crippen MR) is 70.3 cm³/mol. The van der Waals surface area contributed by atoms with E-state index < -0.39 is 0 Å². The van der Waals surface area contributed by atoms with Gasteiger partial charge in [-0.2, -0.15) is 0 Å². The highest BCUT2D eigenvalue weighted by Gasteiger charge is 2.19. The fourth-order valence-corrected chi connectivity index (χ4v) is 2.56. The van der Waals surface area contributed by atoms with Crippen molar-refractivity contribution in [3.05, 3.63) is 0 Å². The van der Waals surface area contributed by atoms with Crippen LogP contribution in [0.1, 0.15) is 40.0 Å². The lowest BCUT2D eigenvalue weighted by Crippen LogP contribution is -2.45. The Bertz CT molecular complexity index is 221. The second kappa shape index (κ2) is 6.93. The molecule has 0 aromatic heterocycles. The molecule has 0 radical (unpaired) electrons. The predicted octanol–water partition coefficient (Wildman–Crippen LogP) is 2.11. The second-order valence-electron chi connectivity index (χ2n) is 5.45. The van der Waals surface area contributed by atoms with E-state index in [9.17, 15) is 0 Å². The van der Waals surface area contributed by atoms with Gasteiger partial charge >= 0.3 is 0 Å². The molecule has 1 fully saturated rings. The Morgan fingerprint density at radius 2 is 1.94 bits per heavy atom. The highest BCUT2D eigenvalue weighted by Crippen LogP contribution is 2.12. The number of rotatable bonds is 5. The highest BCUT2D eigenvalue weighted by atomic mass is 15.1. The molecule has 92 valence electrons. The van der Waals surface area contributed by atoms with Crippen LogP contribution >= 0.6 is 0 Å². The van der Waals surface area contributed by atoms with Gasteiger partial charge in [-0.1, -0.05) is 19.8 Å². The molecule has 0 bridgehead atoms. The summed E-state index contributed by atoms with van der Waals surface area (Å²) in [6, 6.07) is 1.34. The third-order valence-electron chi connectivity index (χ3n) is 3.25. The molecular formula is C14H26N2. The van der Waals surface area contributed by atoms with E-state index in [4.69, 9.17) is 6.42 Å². The van der Waals surface area contributed by atoms with E-state index in [0.717, 1.165) is 25.6 Å². The fourth-order valence-electron chi connectivity index (χ4n) is 2.56. The van der Waals surface area contributed by atoms with Crippen LogP contribution in [0.15, 0.2) is 0 Å². The van der Waals surface area contributed by atoms with Crippen molar-refractivity contribution in [2.45, 2.75) is 52.1 Å². The number of piperidine rings is 1. The Kier molecular flexibility index (Phi) is 5.87. The standard InChI is InChI=1S/C14H26N2/c1-5-8-16-9-6-14(7-10-16)15-13(4)11-12(2)3/h1,12-15H,6-11H2,2-4H3. The van der Waals surface area contributed by atoms with Crippen LogP contribution in [0, 0.1) is 18.3 Å². The Hall–Kier alpha value is -0.520. The Labute approximate surface area is 101 Å². The van der Waals surface area contributed by atoms with E-state index >= 15 is 0 Å². The van der Waals surface area contributed by atoms with E-state index in [1.54, 1.807) is 0 Å². The minimum absolute atomic E-state index is 0.643. The average molecular weight is 222 g/mol. The summed E-state index contributed by atoms with van der Waals surface area (Å²) in [7, 11) is 0. The summed E-state index contributed by atoms with van der Waals surface area (Å²) in [6.07, 6.45) is 9.07. The van der Waals surface area contributed by atoms with Gasteiger partial charge in [-0.3, -0.25) is 4.90 Å². The molecule has 2 heteroatoms. The quantitative estimate of drug-likeness (QED) is 0.717. The summed E-state index contributed by atoms with van der Waals surface area (Å²) in [4.78, 5) is 2.37. The van der Waals surface area contributed by atoms with Gasteiger partial charge in [-0.25, -0.2) is 0 Å². The lowest BCUT2D eigenvalue weighted by atomic mass is 10.0. The number of nitrogens with zero attached hydrogens (tertiary/aromatic N) is 1. The van der Waals surface area contributed by atoms with Crippen LogP contribution in [0.4, 0.5) is 0 Å². The molecule has 1 N–H and O–H groups in total. The van der Waals surface area contributed by atoms with Gasteiger partial charge in [-0.15, -0.1) is 6.42 Å². The van der Waals surface area contributed by atoms with Gasteiger partial charge in [0.2, 0.25) is 0 Å². The lowest BCUT2D eigenvalue weighted by molar-refractivity contribution is 0.207. The third-order valence-corrected chi connectivity index (χ3v) is 3.25. The zero-order valence-electron chi connectivity index (χ0n) is 11.0. The van der Waals surface area contributed by atoms with Gasteiger partial charge in [0, 0.05) is 25.2 Å². The zero-order chi connectivity index (χ0) is 12.0. The van der Waals surface area contributed by atoms with E-state index in [1.165, 1.54) is 19.3 Å². The number of likely N-dealkylation sites (tertiary alicyclic amines) is 1. The number of terminal acetylenes is 1. The third kappa shape index (κ3) is 5.01. The first-order valence-corrected chi connectivity index (χ1v) is 6.53. The van der Waals surface area contributed by atoms with E-state index in [2.05, 4.69) is 36.9 Å². The Morgan fingerprint density at radius 1 is 1.31 bits per heavy atom. The van der Waals surface area contributed by atoms with Crippen molar-refractivity contribution in [1.29, 1.82) is 0 Å². The van der Waals surface area contributed by atoms with Crippen molar-refractivity contribution in [3.8, 4) is 12.3 Å². The first-order valence-electron chi connectivity index (χ1n) is 6.53. The molecule has 0 aromatic rings. The number of hydrogen-bond donors (Lipinski definition) is 1. The minimum atomic E-state index is 0.643. The van der Waals surface area contributed by atoms with Gasteiger partial charge in [0.15, 0.2) is 0 Å². The molecule has 0 amide bonds. The van der Waals surface area contributed by atoms with Crippen LogP contribution in [-0.2, 0) is 0 Å². The van der Waals surface area contributed by atoms with Crippen molar-refractivity contribution in [1.82, 2.24) is 10.2 Å². The van der Waals surface area contributed by atoms with Gasteiger partial charge in [0.25, 0.3) is 0 Å². The van der Waals surface area contributed by atoms with Crippen LogP contribution in [-0.4, -0.2) is 36.6 Å². The van der Waals surface area contributed by atoms with E-state index in [1.807, 2.05) is 0 Å². The molecule has 1 aliphatic heterocycles. The summed E-state index contributed by atoms with van der Waals surface area (Å²) in [5, 5.41) is 3.73. The molecule has 2 nitrogen and oxygen atoms in total. The maximum atomic E-state index is 5.32. The first kappa shape index (κ1) is 13.5. The van der Waals surface area contributed by atoms with Crippen molar-refractivity contribution in [3.63, 3.8) is 0 Å². The van der Waals surface area contributed by atoms with Gasteiger partial charge in [-0.05, 0) is 32.1 Å². The molecule has 0 saturated carbocycles. The van der Waals surface area contributed by atoms with Gasteiger partial charge in [0.1, 0.15) is 0 Å². The summed E-state index contributed by atoms with van der Waals surface area (Å²) in [6.45, 7) is 9.98. The fraction of sp³-hybridized carbons (Fsp3) is 0.857. The second-order valence-corrected chi connectivity index (χ2v) is 5.45. The minimum Gasteiger partial charge on any atom is -0.311 e. The molecular weight excluding hydrogens is 196 g/mol. The Balaban J connectivity index is 2.19.